The van der Waals surface area contributed by atoms with Gasteiger partial charge in [0.1, 0.15) is 12.1 Å². The van der Waals surface area contributed by atoms with Gasteiger partial charge in [-0.05, 0) is 61.8 Å². The van der Waals surface area contributed by atoms with Gasteiger partial charge in [-0.3, -0.25) is 4.79 Å². The third-order valence-electron chi connectivity index (χ3n) is 8.60. The second kappa shape index (κ2) is 9.15. The average molecular weight is 484 g/mol. The number of benzene rings is 2. The highest BCUT2D eigenvalue weighted by atomic mass is 16.2. The zero-order valence-electron chi connectivity index (χ0n) is 21.7. The third kappa shape index (κ3) is 4.26. The van der Waals surface area contributed by atoms with Crippen molar-refractivity contribution >= 4 is 22.5 Å². The predicted octanol–water partition coefficient (Wildman–Crippen LogP) is 4.64. The fourth-order valence-electron chi connectivity index (χ4n) is 6.57. The SMILES string of the molecule is C[C@@H]1CCc2ncnc(N3CCN(C(=O)[C@@H](c4ccc5ccccc5c4)[C@@H]4CCC(C)(C)N4)CC3)c21. The first-order valence-electron chi connectivity index (χ1n) is 13.5. The second-order valence-corrected chi connectivity index (χ2v) is 11.6. The minimum absolute atomic E-state index is 0.0584. The van der Waals surface area contributed by atoms with Gasteiger partial charge in [0.2, 0.25) is 5.91 Å². The first-order chi connectivity index (χ1) is 17.4. The molecule has 2 aromatic carbocycles. The number of fused-ring (bicyclic) bond motifs is 2. The summed E-state index contributed by atoms with van der Waals surface area (Å²) in [6.45, 7) is 9.86. The van der Waals surface area contributed by atoms with Crippen molar-refractivity contribution in [1.82, 2.24) is 20.2 Å². The summed E-state index contributed by atoms with van der Waals surface area (Å²) in [4.78, 5) is 27.8. The molecular formula is C30H37N5O. The Kier molecular flexibility index (Phi) is 5.95. The van der Waals surface area contributed by atoms with Crippen LogP contribution in [0.5, 0.6) is 0 Å². The molecule has 3 atom stereocenters. The molecule has 6 heteroatoms. The molecule has 1 amide bonds. The Morgan fingerprint density at radius 1 is 1.03 bits per heavy atom. The molecule has 188 valence electrons. The summed E-state index contributed by atoms with van der Waals surface area (Å²) < 4.78 is 0. The minimum Gasteiger partial charge on any atom is -0.353 e. The molecule has 2 saturated heterocycles. The minimum atomic E-state index is -0.175. The van der Waals surface area contributed by atoms with Gasteiger partial charge in [-0.15, -0.1) is 0 Å². The van der Waals surface area contributed by atoms with Crippen molar-refractivity contribution in [2.24, 2.45) is 0 Å². The first kappa shape index (κ1) is 23.4. The van der Waals surface area contributed by atoms with Gasteiger partial charge in [-0.25, -0.2) is 9.97 Å². The van der Waals surface area contributed by atoms with Crippen molar-refractivity contribution in [2.45, 2.75) is 69.9 Å². The third-order valence-corrected chi connectivity index (χ3v) is 8.60. The molecule has 2 aliphatic heterocycles. The van der Waals surface area contributed by atoms with Crippen molar-refractivity contribution in [3.05, 3.63) is 65.6 Å². The smallest absolute Gasteiger partial charge is 0.231 e. The lowest BCUT2D eigenvalue weighted by Gasteiger charge is -2.39. The summed E-state index contributed by atoms with van der Waals surface area (Å²) in [7, 11) is 0. The Morgan fingerprint density at radius 3 is 2.56 bits per heavy atom. The van der Waals surface area contributed by atoms with Gasteiger partial charge in [0.15, 0.2) is 0 Å². The molecule has 3 aliphatic rings. The van der Waals surface area contributed by atoms with E-state index in [-0.39, 0.29) is 23.4 Å². The van der Waals surface area contributed by atoms with Crippen LogP contribution in [0.3, 0.4) is 0 Å². The number of piperazine rings is 1. The molecule has 0 spiro atoms. The maximum atomic E-state index is 14.2. The quantitative estimate of drug-likeness (QED) is 0.586. The Balaban J connectivity index is 1.24. The van der Waals surface area contributed by atoms with Crippen LogP contribution in [-0.4, -0.2) is 58.5 Å². The van der Waals surface area contributed by atoms with Crippen molar-refractivity contribution < 1.29 is 4.79 Å². The van der Waals surface area contributed by atoms with Gasteiger partial charge < -0.3 is 15.1 Å². The lowest BCUT2D eigenvalue weighted by atomic mass is 9.87. The Morgan fingerprint density at radius 2 is 1.81 bits per heavy atom. The summed E-state index contributed by atoms with van der Waals surface area (Å²) in [6.07, 6.45) is 6.01. The molecule has 0 radical (unpaired) electrons. The van der Waals surface area contributed by atoms with E-state index in [2.05, 4.69) is 88.3 Å². The zero-order chi connectivity index (χ0) is 24.9. The number of nitrogens with one attached hydrogen (secondary N) is 1. The number of rotatable bonds is 4. The summed E-state index contributed by atoms with van der Waals surface area (Å²) in [5.74, 6) is 1.67. The van der Waals surface area contributed by atoms with E-state index in [0.717, 1.165) is 63.2 Å². The summed E-state index contributed by atoms with van der Waals surface area (Å²) in [6, 6.07) is 15.1. The van der Waals surface area contributed by atoms with Crippen LogP contribution < -0.4 is 10.2 Å². The fraction of sp³-hybridized carbons (Fsp3) is 0.500. The predicted molar refractivity (Wildman–Crippen MR) is 144 cm³/mol. The number of hydrogen-bond donors (Lipinski definition) is 1. The Bertz CT molecular complexity index is 1280. The Hall–Kier alpha value is -2.99. The topological polar surface area (TPSA) is 61.4 Å². The van der Waals surface area contributed by atoms with Crippen LogP contribution in [0, 0.1) is 0 Å². The molecular weight excluding hydrogens is 446 g/mol. The van der Waals surface area contributed by atoms with Crippen molar-refractivity contribution in [1.29, 1.82) is 0 Å². The van der Waals surface area contributed by atoms with Crippen molar-refractivity contribution in [3.8, 4) is 0 Å². The van der Waals surface area contributed by atoms with E-state index >= 15 is 0 Å². The molecule has 1 N–H and O–H groups in total. The van der Waals surface area contributed by atoms with E-state index in [4.69, 9.17) is 0 Å². The van der Waals surface area contributed by atoms with E-state index in [1.54, 1.807) is 6.33 Å². The van der Waals surface area contributed by atoms with Gasteiger partial charge in [0.25, 0.3) is 0 Å². The first-order valence-corrected chi connectivity index (χ1v) is 13.5. The summed E-state index contributed by atoms with van der Waals surface area (Å²) in [5, 5.41) is 6.20. The van der Waals surface area contributed by atoms with Gasteiger partial charge in [-0.1, -0.05) is 49.4 Å². The molecule has 1 aliphatic carbocycles. The normalized spacial score (nSPS) is 24.2. The highest BCUT2D eigenvalue weighted by Crippen LogP contribution is 2.38. The monoisotopic (exact) mass is 483 g/mol. The number of anilines is 1. The number of aromatic nitrogens is 2. The van der Waals surface area contributed by atoms with Crippen LogP contribution in [-0.2, 0) is 11.2 Å². The van der Waals surface area contributed by atoms with Crippen LogP contribution in [0.25, 0.3) is 10.8 Å². The second-order valence-electron chi connectivity index (χ2n) is 11.6. The highest BCUT2D eigenvalue weighted by Gasteiger charge is 2.41. The van der Waals surface area contributed by atoms with Gasteiger partial charge in [0.05, 0.1) is 5.92 Å². The molecule has 6 rings (SSSR count). The van der Waals surface area contributed by atoms with Crippen molar-refractivity contribution in [2.75, 3.05) is 31.1 Å². The van der Waals surface area contributed by atoms with E-state index in [0.29, 0.717) is 5.92 Å². The lowest BCUT2D eigenvalue weighted by molar-refractivity contribution is -0.133. The van der Waals surface area contributed by atoms with Crippen LogP contribution in [0.1, 0.15) is 68.7 Å². The summed E-state index contributed by atoms with van der Waals surface area (Å²) >= 11 is 0. The number of aryl methyl sites for hydroxylation is 1. The number of carbonyl (C=O) groups is 1. The fourth-order valence-corrected chi connectivity index (χ4v) is 6.57. The molecule has 0 bridgehead atoms. The highest BCUT2D eigenvalue weighted by molar-refractivity contribution is 5.88. The molecule has 2 fully saturated rings. The van der Waals surface area contributed by atoms with Gasteiger partial charge in [0, 0.05) is 49.0 Å². The van der Waals surface area contributed by atoms with Crippen molar-refractivity contribution in [3.63, 3.8) is 0 Å². The standard InChI is InChI=1S/C30H37N5O/c1-20-8-11-24-26(20)28(32-19-31-24)34-14-16-35(17-15-34)29(36)27(25-12-13-30(2,3)33-25)23-10-9-21-6-4-5-7-22(21)18-23/h4-7,9-10,18-20,25,27,33H,8,11-17H2,1-3H3/t20-,25+,27+/m1/s1. The molecule has 3 aromatic rings. The molecule has 0 unspecified atom stereocenters. The number of carbonyl (C=O) groups excluding carboxylic acids is 1. The van der Waals surface area contributed by atoms with E-state index < -0.39 is 0 Å². The molecule has 1 aromatic heterocycles. The molecule has 0 saturated carbocycles. The van der Waals surface area contributed by atoms with E-state index in [1.165, 1.54) is 22.0 Å². The van der Waals surface area contributed by atoms with E-state index in [1.807, 2.05) is 0 Å². The van der Waals surface area contributed by atoms with Crippen LogP contribution >= 0.6 is 0 Å². The average Bonchev–Trinajstić information content (AvgIpc) is 3.45. The van der Waals surface area contributed by atoms with Gasteiger partial charge in [-0.2, -0.15) is 0 Å². The number of nitrogens with zero attached hydrogens (tertiary/aromatic N) is 4. The zero-order valence-corrected chi connectivity index (χ0v) is 21.7. The van der Waals surface area contributed by atoms with Gasteiger partial charge >= 0.3 is 0 Å². The molecule has 3 heterocycles. The van der Waals surface area contributed by atoms with E-state index in [9.17, 15) is 4.79 Å². The maximum Gasteiger partial charge on any atom is 0.231 e. The number of amides is 1. The summed E-state index contributed by atoms with van der Waals surface area (Å²) in [5.41, 5.74) is 3.71. The maximum absolute atomic E-state index is 14.2. The molecule has 36 heavy (non-hydrogen) atoms. The molecule has 6 nitrogen and oxygen atoms in total. The van der Waals surface area contributed by atoms with Crippen LogP contribution in [0.2, 0.25) is 0 Å². The van der Waals surface area contributed by atoms with Crippen LogP contribution in [0.4, 0.5) is 5.82 Å². The number of hydrogen-bond acceptors (Lipinski definition) is 5. The van der Waals surface area contributed by atoms with Crippen LogP contribution in [0.15, 0.2) is 48.8 Å². The Labute approximate surface area is 214 Å². The largest absolute Gasteiger partial charge is 0.353 e. The lowest BCUT2D eigenvalue weighted by Crippen LogP contribution is -2.53.